The Bertz CT molecular complexity index is 475. The van der Waals surface area contributed by atoms with Crippen LogP contribution in [0.1, 0.15) is 52.4 Å². The molecule has 0 aromatic carbocycles. The molecule has 2 N–H and O–H groups in total. The van der Waals surface area contributed by atoms with Crippen LogP contribution >= 0.6 is 0 Å². The standard InChI is InChI=1S/C17H26O6/c1-12(2)15(19)22-14(10-8-6-5-7-9-11-18)17(21)23-16(20)13(3)4/h18,21H,1,3,5-11H2,2,4H3/b17-14-. The van der Waals surface area contributed by atoms with Gasteiger partial charge < -0.3 is 19.7 Å². The van der Waals surface area contributed by atoms with Gasteiger partial charge in [0.1, 0.15) is 0 Å². The van der Waals surface area contributed by atoms with Crippen LogP contribution in [0, 0.1) is 0 Å². The minimum atomic E-state index is -0.797. The highest BCUT2D eigenvalue weighted by atomic mass is 16.6. The van der Waals surface area contributed by atoms with Crippen LogP contribution in [-0.2, 0) is 19.1 Å². The highest BCUT2D eigenvalue weighted by molar-refractivity contribution is 5.88. The third-order valence-electron chi connectivity index (χ3n) is 2.90. The van der Waals surface area contributed by atoms with Crippen LogP contribution in [0.4, 0.5) is 0 Å². The van der Waals surface area contributed by atoms with E-state index in [0.717, 1.165) is 25.7 Å². The van der Waals surface area contributed by atoms with E-state index in [1.165, 1.54) is 13.8 Å². The van der Waals surface area contributed by atoms with Gasteiger partial charge in [-0.2, -0.15) is 0 Å². The number of aliphatic hydroxyl groups excluding tert-OH is 2. The number of carbonyl (C=O) groups is 2. The van der Waals surface area contributed by atoms with E-state index in [1.807, 2.05) is 0 Å². The quantitative estimate of drug-likeness (QED) is 0.262. The maximum Gasteiger partial charge on any atom is 0.340 e. The molecular weight excluding hydrogens is 300 g/mol. The van der Waals surface area contributed by atoms with Gasteiger partial charge in [-0.3, -0.25) is 0 Å². The Hall–Kier alpha value is -2.08. The Morgan fingerprint density at radius 1 is 0.870 bits per heavy atom. The third-order valence-corrected chi connectivity index (χ3v) is 2.90. The minimum Gasteiger partial charge on any atom is -0.478 e. The van der Waals surface area contributed by atoms with Crippen molar-refractivity contribution in [2.45, 2.75) is 52.4 Å². The van der Waals surface area contributed by atoms with E-state index in [4.69, 9.17) is 14.6 Å². The summed E-state index contributed by atoms with van der Waals surface area (Å²) in [7, 11) is 0. The molecule has 6 heteroatoms. The number of carbonyl (C=O) groups excluding carboxylic acids is 2. The van der Waals surface area contributed by atoms with Gasteiger partial charge in [-0.25, -0.2) is 9.59 Å². The average molecular weight is 326 g/mol. The summed E-state index contributed by atoms with van der Waals surface area (Å²) in [6, 6.07) is 0. The summed E-state index contributed by atoms with van der Waals surface area (Å²) in [6.07, 6.45) is 4.27. The summed E-state index contributed by atoms with van der Waals surface area (Å²) in [6.45, 7) is 9.96. The van der Waals surface area contributed by atoms with Crippen LogP contribution in [0.25, 0.3) is 0 Å². The summed E-state index contributed by atoms with van der Waals surface area (Å²) < 4.78 is 9.73. The monoisotopic (exact) mass is 326 g/mol. The van der Waals surface area contributed by atoms with Gasteiger partial charge in [0.15, 0.2) is 5.76 Å². The predicted molar refractivity (Wildman–Crippen MR) is 86.3 cm³/mol. The highest BCUT2D eigenvalue weighted by Crippen LogP contribution is 2.18. The first kappa shape index (κ1) is 20.9. The maximum absolute atomic E-state index is 11.6. The molecule has 0 heterocycles. The Kier molecular flexibility index (Phi) is 10.4. The van der Waals surface area contributed by atoms with Crippen molar-refractivity contribution < 1.29 is 29.3 Å². The van der Waals surface area contributed by atoms with Gasteiger partial charge in [0, 0.05) is 24.2 Å². The zero-order valence-electron chi connectivity index (χ0n) is 13.9. The maximum atomic E-state index is 11.6. The van der Waals surface area contributed by atoms with Gasteiger partial charge in [0.25, 0.3) is 0 Å². The number of hydrogen-bond acceptors (Lipinski definition) is 6. The second kappa shape index (κ2) is 11.5. The van der Waals surface area contributed by atoms with E-state index in [-0.39, 0.29) is 29.9 Å². The summed E-state index contributed by atoms with van der Waals surface area (Å²) >= 11 is 0. The Labute approximate surface area is 137 Å². The van der Waals surface area contributed by atoms with Crippen LogP contribution in [0.5, 0.6) is 0 Å². The molecule has 0 aliphatic carbocycles. The number of unbranched alkanes of at least 4 members (excludes halogenated alkanes) is 4. The molecule has 0 amide bonds. The molecule has 0 unspecified atom stereocenters. The minimum absolute atomic E-state index is 0.102. The molecule has 6 nitrogen and oxygen atoms in total. The molecule has 23 heavy (non-hydrogen) atoms. The van der Waals surface area contributed by atoms with E-state index >= 15 is 0 Å². The van der Waals surface area contributed by atoms with Crippen molar-refractivity contribution in [3.63, 3.8) is 0 Å². The van der Waals surface area contributed by atoms with Crippen molar-refractivity contribution in [3.8, 4) is 0 Å². The fourth-order valence-corrected chi connectivity index (χ4v) is 1.56. The summed E-state index contributed by atoms with van der Waals surface area (Å²) in [5.74, 6) is -2.33. The lowest BCUT2D eigenvalue weighted by Gasteiger charge is -2.11. The molecule has 0 atom stereocenters. The van der Waals surface area contributed by atoms with Crippen molar-refractivity contribution >= 4 is 11.9 Å². The summed E-state index contributed by atoms with van der Waals surface area (Å²) in [5, 5.41) is 18.6. The van der Waals surface area contributed by atoms with Gasteiger partial charge in [-0.05, 0) is 26.7 Å². The van der Waals surface area contributed by atoms with Crippen LogP contribution in [-0.4, -0.2) is 28.8 Å². The van der Waals surface area contributed by atoms with Crippen molar-refractivity contribution in [1.29, 1.82) is 0 Å². The van der Waals surface area contributed by atoms with Crippen molar-refractivity contribution in [3.05, 3.63) is 36.0 Å². The number of esters is 2. The third kappa shape index (κ3) is 9.52. The predicted octanol–water partition coefficient (Wildman–Crippen LogP) is 3.29. The zero-order valence-corrected chi connectivity index (χ0v) is 13.9. The lowest BCUT2D eigenvalue weighted by Crippen LogP contribution is -2.12. The average Bonchev–Trinajstić information content (AvgIpc) is 2.48. The number of rotatable bonds is 11. The molecule has 0 fully saturated rings. The summed E-state index contributed by atoms with van der Waals surface area (Å²) in [4.78, 5) is 23.0. The fraction of sp³-hybridized carbons (Fsp3) is 0.529. The zero-order chi connectivity index (χ0) is 17.8. The second-order valence-electron chi connectivity index (χ2n) is 5.31. The Morgan fingerprint density at radius 3 is 1.87 bits per heavy atom. The molecule has 0 aromatic rings. The van der Waals surface area contributed by atoms with E-state index in [0.29, 0.717) is 6.42 Å². The number of aliphatic hydroxyl groups is 2. The topological polar surface area (TPSA) is 93.1 Å². The highest BCUT2D eigenvalue weighted by Gasteiger charge is 2.17. The van der Waals surface area contributed by atoms with E-state index < -0.39 is 17.9 Å². The van der Waals surface area contributed by atoms with Crippen molar-refractivity contribution in [1.82, 2.24) is 0 Å². The first-order valence-corrected chi connectivity index (χ1v) is 7.58. The lowest BCUT2D eigenvalue weighted by atomic mass is 10.1. The number of ether oxygens (including phenoxy) is 2. The molecule has 0 saturated carbocycles. The molecule has 0 radical (unpaired) electrons. The molecule has 0 aromatic heterocycles. The van der Waals surface area contributed by atoms with Crippen molar-refractivity contribution in [2.24, 2.45) is 0 Å². The molecule has 0 aliphatic heterocycles. The molecule has 0 rings (SSSR count). The number of allylic oxidation sites excluding steroid dienone is 1. The van der Waals surface area contributed by atoms with Crippen molar-refractivity contribution in [2.75, 3.05) is 6.61 Å². The SMILES string of the molecule is C=C(C)C(=O)O/C(O)=C(/CCCCCCCO)OC(=O)C(=C)C. The molecule has 0 saturated heterocycles. The van der Waals surface area contributed by atoms with Gasteiger partial charge in [0.05, 0.1) is 0 Å². The van der Waals surface area contributed by atoms with E-state index in [9.17, 15) is 14.7 Å². The van der Waals surface area contributed by atoms with E-state index in [2.05, 4.69) is 13.2 Å². The molecule has 0 aliphatic rings. The largest absolute Gasteiger partial charge is 0.478 e. The van der Waals surface area contributed by atoms with E-state index in [1.54, 1.807) is 0 Å². The molecule has 0 bridgehead atoms. The lowest BCUT2D eigenvalue weighted by molar-refractivity contribution is -0.143. The van der Waals surface area contributed by atoms with Crippen LogP contribution in [0.3, 0.4) is 0 Å². The summed E-state index contributed by atoms with van der Waals surface area (Å²) in [5.41, 5.74) is 0.288. The molecule has 130 valence electrons. The van der Waals surface area contributed by atoms with Crippen LogP contribution in [0.2, 0.25) is 0 Å². The first-order chi connectivity index (χ1) is 10.8. The Morgan fingerprint density at radius 2 is 1.35 bits per heavy atom. The van der Waals surface area contributed by atoms with Gasteiger partial charge in [-0.15, -0.1) is 0 Å². The normalized spacial score (nSPS) is 11.4. The fourth-order valence-electron chi connectivity index (χ4n) is 1.56. The first-order valence-electron chi connectivity index (χ1n) is 7.58. The molecule has 0 spiro atoms. The second-order valence-corrected chi connectivity index (χ2v) is 5.31. The van der Waals surface area contributed by atoms with Crippen LogP contribution in [0.15, 0.2) is 36.0 Å². The Balaban J connectivity index is 4.73. The smallest absolute Gasteiger partial charge is 0.340 e. The van der Waals surface area contributed by atoms with Gasteiger partial charge in [0.2, 0.25) is 0 Å². The molecular formula is C17H26O6. The van der Waals surface area contributed by atoms with Gasteiger partial charge in [-0.1, -0.05) is 32.4 Å². The number of hydrogen-bond donors (Lipinski definition) is 2. The van der Waals surface area contributed by atoms with Gasteiger partial charge >= 0.3 is 17.9 Å². The van der Waals surface area contributed by atoms with Crippen LogP contribution < -0.4 is 0 Å².